The fraction of sp³-hybridized carbons (Fsp3) is 0.571. The number of hydrogen-bond donors (Lipinski definition) is 1. The van der Waals surface area contributed by atoms with Gasteiger partial charge in [0.05, 0.1) is 25.5 Å². The molecule has 4 heteroatoms. The van der Waals surface area contributed by atoms with E-state index in [1.807, 2.05) is 13.1 Å². The van der Waals surface area contributed by atoms with Gasteiger partial charge in [-0.25, -0.2) is 0 Å². The smallest absolute Gasteiger partial charge is 0.142 e. The van der Waals surface area contributed by atoms with Crippen molar-refractivity contribution in [1.29, 1.82) is 0 Å². The van der Waals surface area contributed by atoms with E-state index in [0.29, 0.717) is 0 Å². The molecule has 2 rings (SSSR count). The Hall–Kier alpha value is -1.26. The van der Waals surface area contributed by atoms with E-state index < -0.39 is 0 Å². The lowest BCUT2D eigenvalue weighted by atomic mass is 10.1. The second-order valence-corrected chi connectivity index (χ2v) is 4.67. The van der Waals surface area contributed by atoms with Crippen molar-refractivity contribution in [3.8, 4) is 5.75 Å². The van der Waals surface area contributed by atoms with Crippen molar-refractivity contribution in [2.75, 3.05) is 45.3 Å². The normalized spacial score (nSPS) is 19.9. The minimum atomic E-state index is 0.244. The number of nitrogens with zero attached hydrogens (tertiary/aromatic N) is 1. The maximum atomic E-state index is 5.73. The molecule has 1 heterocycles. The average Bonchev–Trinajstić information content (AvgIpc) is 2.39. The Balaban J connectivity index is 2.17. The summed E-state index contributed by atoms with van der Waals surface area (Å²) in [7, 11) is 3.68. The lowest BCUT2D eigenvalue weighted by Crippen LogP contribution is -2.46. The van der Waals surface area contributed by atoms with Crippen molar-refractivity contribution in [2.24, 2.45) is 0 Å². The van der Waals surface area contributed by atoms with Gasteiger partial charge in [0.1, 0.15) is 5.75 Å². The number of methoxy groups -OCH3 is 1. The van der Waals surface area contributed by atoms with Crippen LogP contribution in [-0.4, -0.2) is 46.5 Å². The van der Waals surface area contributed by atoms with Crippen molar-refractivity contribution in [3.63, 3.8) is 0 Å². The van der Waals surface area contributed by atoms with Crippen LogP contribution in [-0.2, 0) is 4.74 Å². The summed E-state index contributed by atoms with van der Waals surface area (Å²) >= 11 is 0. The zero-order valence-electron chi connectivity index (χ0n) is 11.4. The number of aryl methyl sites for hydroxylation is 1. The number of likely N-dealkylation sites (N-methyl/N-ethyl adjacent to an activating group) is 1. The van der Waals surface area contributed by atoms with Crippen molar-refractivity contribution >= 4 is 5.69 Å². The van der Waals surface area contributed by atoms with Gasteiger partial charge in [0.15, 0.2) is 0 Å². The van der Waals surface area contributed by atoms with Gasteiger partial charge < -0.3 is 19.7 Å². The fourth-order valence-corrected chi connectivity index (χ4v) is 2.34. The summed E-state index contributed by atoms with van der Waals surface area (Å²) in [6.07, 6.45) is 0.244. The summed E-state index contributed by atoms with van der Waals surface area (Å²) < 4.78 is 11.2. The Morgan fingerprint density at radius 1 is 1.50 bits per heavy atom. The largest absolute Gasteiger partial charge is 0.495 e. The van der Waals surface area contributed by atoms with Crippen molar-refractivity contribution in [3.05, 3.63) is 23.8 Å². The molecule has 1 atom stereocenters. The quantitative estimate of drug-likeness (QED) is 0.876. The van der Waals surface area contributed by atoms with Crippen LogP contribution in [0, 0.1) is 6.92 Å². The van der Waals surface area contributed by atoms with Crippen LogP contribution >= 0.6 is 0 Å². The van der Waals surface area contributed by atoms with E-state index in [4.69, 9.17) is 9.47 Å². The van der Waals surface area contributed by atoms with Gasteiger partial charge in [0.2, 0.25) is 0 Å². The van der Waals surface area contributed by atoms with Gasteiger partial charge in [-0.3, -0.25) is 0 Å². The van der Waals surface area contributed by atoms with Crippen LogP contribution in [0.1, 0.15) is 5.56 Å². The Kier molecular flexibility index (Phi) is 4.44. The van der Waals surface area contributed by atoms with Crippen LogP contribution in [0.25, 0.3) is 0 Å². The van der Waals surface area contributed by atoms with Crippen LogP contribution < -0.4 is 15.0 Å². The third kappa shape index (κ3) is 2.94. The number of nitrogens with one attached hydrogen (secondary N) is 1. The Morgan fingerprint density at radius 3 is 3.06 bits per heavy atom. The molecule has 1 N–H and O–H groups in total. The van der Waals surface area contributed by atoms with Gasteiger partial charge in [-0.2, -0.15) is 0 Å². The molecular weight excluding hydrogens is 228 g/mol. The highest BCUT2D eigenvalue weighted by atomic mass is 16.5. The maximum Gasteiger partial charge on any atom is 0.142 e. The zero-order valence-corrected chi connectivity index (χ0v) is 11.4. The summed E-state index contributed by atoms with van der Waals surface area (Å²) in [5.74, 6) is 0.936. The van der Waals surface area contributed by atoms with Crippen molar-refractivity contribution in [1.82, 2.24) is 5.32 Å². The molecule has 0 spiro atoms. The van der Waals surface area contributed by atoms with Crippen LogP contribution in [0.4, 0.5) is 5.69 Å². The SMILES string of the molecule is CNCC1CN(c2cc(C)ccc2OC)CCO1. The molecule has 1 aromatic carbocycles. The molecule has 0 aliphatic carbocycles. The molecule has 1 saturated heterocycles. The van der Waals surface area contributed by atoms with E-state index in [1.54, 1.807) is 7.11 Å². The average molecular weight is 250 g/mol. The number of rotatable bonds is 4. The van der Waals surface area contributed by atoms with Gasteiger partial charge >= 0.3 is 0 Å². The summed E-state index contributed by atoms with van der Waals surface area (Å²) in [6.45, 7) is 5.57. The molecule has 0 saturated carbocycles. The first kappa shape index (κ1) is 13.2. The number of benzene rings is 1. The topological polar surface area (TPSA) is 33.7 Å². The van der Waals surface area contributed by atoms with Crippen LogP contribution in [0.2, 0.25) is 0 Å². The third-order valence-corrected chi connectivity index (χ3v) is 3.25. The first-order valence-electron chi connectivity index (χ1n) is 6.40. The van der Waals surface area contributed by atoms with E-state index >= 15 is 0 Å². The first-order valence-corrected chi connectivity index (χ1v) is 6.40. The first-order chi connectivity index (χ1) is 8.74. The molecule has 1 unspecified atom stereocenters. The van der Waals surface area contributed by atoms with Gasteiger partial charge in [-0.15, -0.1) is 0 Å². The molecule has 1 fully saturated rings. The highest BCUT2D eigenvalue weighted by Crippen LogP contribution is 2.30. The number of anilines is 1. The van der Waals surface area contributed by atoms with Crippen LogP contribution in [0.15, 0.2) is 18.2 Å². The molecule has 0 radical (unpaired) electrons. The number of hydrogen-bond acceptors (Lipinski definition) is 4. The summed E-state index contributed by atoms with van der Waals surface area (Å²) in [5.41, 5.74) is 2.42. The molecule has 18 heavy (non-hydrogen) atoms. The highest BCUT2D eigenvalue weighted by molar-refractivity contribution is 5.60. The minimum Gasteiger partial charge on any atom is -0.495 e. The number of ether oxygens (including phenoxy) is 2. The molecule has 0 bridgehead atoms. The highest BCUT2D eigenvalue weighted by Gasteiger charge is 2.22. The molecular formula is C14H22N2O2. The van der Waals surface area contributed by atoms with Crippen LogP contribution in [0.3, 0.4) is 0 Å². The summed E-state index contributed by atoms with van der Waals surface area (Å²) in [5, 5.41) is 3.17. The Morgan fingerprint density at radius 2 is 2.33 bits per heavy atom. The Labute approximate surface area is 109 Å². The van der Waals surface area contributed by atoms with E-state index in [0.717, 1.165) is 32.0 Å². The standard InChI is InChI=1S/C14H22N2O2/c1-11-4-5-14(17-3)13(8-11)16-6-7-18-12(10-16)9-15-2/h4-5,8,12,15H,6-7,9-10H2,1-3H3. The molecule has 0 aromatic heterocycles. The second-order valence-electron chi connectivity index (χ2n) is 4.67. The van der Waals surface area contributed by atoms with Crippen molar-refractivity contribution < 1.29 is 9.47 Å². The lowest BCUT2D eigenvalue weighted by molar-refractivity contribution is 0.0420. The Bertz CT molecular complexity index is 393. The van der Waals surface area contributed by atoms with Gasteiger partial charge in [0, 0.05) is 19.6 Å². The minimum absolute atomic E-state index is 0.244. The molecule has 1 aliphatic rings. The zero-order chi connectivity index (χ0) is 13.0. The van der Waals surface area contributed by atoms with Gasteiger partial charge in [0.25, 0.3) is 0 Å². The maximum absolute atomic E-state index is 5.73. The summed E-state index contributed by atoms with van der Waals surface area (Å²) in [4.78, 5) is 2.34. The van der Waals surface area contributed by atoms with Crippen molar-refractivity contribution in [2.45, 2.75) is 13.0 Å². The summed E-state index contributed by atoms with van der Waals surface area (Å²) in [6, 6.07) is 6.29. The molecule has 1 aliphatic heterocycles. The van der Waals surface area contributed by atoms with Crippen LogP contribution in [0.5, 0.6) is 5.75 Å². The predicted molar refractivity (Wildman–Crippen MR) is 73.6 cm³/mol. The van der Waals surface area contributed by atoms with E-state index in [-0.39, 0.29) is 6.10 Å². The van der Waals surface area contributed by atoms with E-state index in [2.05, 4.69) is 29.3 Å². The molecule has 100 valence electrons. The molecule has 0 amide bonds. The second kappa shape index (κ2) is 6.07. The monoisotopic (exact) mass is 250 g/mol. The van der Waals surface area contributed by atoms with Gasteiger partial charge in [-0.05, 0) is 31.7 Å². The lowest BCUT2D eigenvalue weighted by Gasteiger charge is -2.35. The van der Waals surface area contributed by atoms with Gasteiger partial charge in [-0.1, -0.05) is 6.07 Å². The van der Waals surface area contributed by atoms with E-state index in [1.165, 1.54) is 11.3 Å². The predicted octanol–water partition coefficient (Wildman–Crippen LogP) is 1.43. The molecule has 4 nitrogen and oxygen atoms in total. The molecule has 1 aromatic rings. The van der Waals surface area contributed by atoms with E-state index in [9.17, 15) is 0 Å². The fourth-order valence-electron chi connectivity index (χ4n) is 2.34. The number of morpholine rings is 1. The third-order valence-electron chi connectivity index (χ3n) is 3.25.